The average Bonchev–Trinajstić information content (AvgIpc) is 2.49. The first-order valence-corrected chi connectivity index (χ1v) is 6.98. The smallest absolute Gasteiger partial charge is 0.224 e. The zero-order chi connectivity index (χ0) is 16.1. The first kappa shape index (κ1) is 16.4. The first-order valence-electron chi connectivity index (χ1n) is 6.60. The average molecular weight is 326 g/mol. The SMILES string of the molecule is O=C(Cc1ccc(F)c(F)c1)NCC(O)c1ccccc1Cl. The predicted molar refractivity (Wildman–Crippen MR) is 79.5 cm³/mol. The van der Waals surface area contributed by atoms with Crippen molar-refractivity contribution in [3.8, 4) is 0 Å². The van der Waals surface area contributed by atoms with E-state index >= 15 is 0 Å². The van der Waals surface area contributed by atoms with Crippen LogP contribution in [-0.4, -0.2) is 17.6 Å². The van der Waals surface area contributed by atoms with Crippen LogP contribution in [-0.2, 0) is 11.2 Å². The fourth-order valence-corrected chi connectivity index (χ4v) is 2.22. The lowest BCUT2D eigenvalue weighted by molar-refractivity contribution is -0.120. The number of aliphatic hydroxyl groups is 1. The van der Waals surface area contributed by atoms with Crippen molar-refractivity contribution >= 4 is 17.5 Å². The molecule has 22 heavy (non-hydrogen) atoms. The quantitative estimate of drug-likeness (QED) is 0.888. The summed E-state index contributed by atoms with van der Waals surface area (Å²) in [5.74, 6) is -2.36. The van der Waals surface area contributed by atoms with Gasteiger partial charge >= 0.3 is 0 Å². The molecule has 2 N–H and O–H groups in total. The van der Waals surface area contributed by atoms with E-state index < -0.39 is 23.6 Å². The number of aliphatic hydroxyl groups excluding tert-OH is 1. The van der Waals surface area contributed by atoms with E-state index in [9.17, 15) is 18.7 Å². The number of halogens is 3. The Hall–Kier alpha value is -1.98. The highest BCUT2D eigenvalue weighted by atomic mass is 35.5. The monoisotopic (exact) mass is 325 g/mol. The molecule has 0 fully saturated rings. The Balaban J connectivity index is 1.90. The van der Waals surface area contributed by atoms with E-state index in [1.54, 1.807) is 24.3 Å². The number of amides is 1. The van der Waals surface area contributed by atoms with Gasteiger partial charge in [0.25, 0.3) is 0 Å². The lowest BCUT2D eigenvalue weighted by Gasteiger charge is -2.13. The summed E-state index contributed by atoms with van der Waals surface area (Å²) in [4.78, 5) is 11.8. The number of carbonyl (C=O) groups excluding carboxylic acids is 1. The van der Waals surface area contributed by atoms with Crippen molar-refractivity contribution in [1.82, 2.24) is 5.32 Å². The molecule has 0 aromatic heterocycles. The molecule has 3 nitrogen and oxygen atoms in total. The van der Waals surface area contributed by atoms with Gasteiger partial charge in [-0.05, 0) is 23.8 Å². The van der Waals surface area contributed by atoms with E-state index in [-0.39, 0.29) is 13.0 Å². The number of benzene rings is 2. The molecule has 0 spiro atoms. The van der Waals surface area contributed by atoms with Gasteiger partial charge in [0, 0.05) is 17.1 Å². The number of carbonyl (C=O) groups is 1. The third kappa shape index (κ3) is 4.26. The molecule has 6 heteroatoms. The molecule has 1 unspecified atom stereocenters. The van der Waals surface area contributed by atoms with Crippen LogP contribution in [0.3, 0.4) is 0 Å². The van der Waals surface area contributed by atoms with Crippen molar-refractivity contribution in [1.29, 1.82) is 0 Å². The molecule has 0 heterocycles. The molecule has 2 rings (SSSR count). The Kier molecular flexibility index (Phi) is 5.46. The van der Waals surface area contributed by atoms with Crippen LogP contribution in [0.15, 0.2) is 42.5 Å². The summed E-state index contributed by atoms with van der Waals surface area (Å²) in [6.07, 6.45) is -1.05. The van der Waals surface area contributed by atoms with Crippen LogP contribution in [0.2, 0.25) is 5.02 Å². The van der Waals surface area contributed by atoms with Crippen molar-refractivity contribution in [3.05, 3.63) is 70.2 Å². The summed E-state index contributed by atoms with van der Waals surface area (Å²) in [6.45, 7) is -0.0216. The molecule has 2 aromatic rings. The second-order valence-electron chi connectivity index (χ2n) is 4.77. The first-order chi connectivity index (χ1) is 10.5. The predicted octanol–water partition coefficient (Wildman–Crippen LogP) is 3.01. The fraction of sp³-hybridized carbons (Fsp3) is 0.188. The van der Waals surface area contributed by atoms with Crippen LogP contribution in [0, 0.1) is 11.6 Å². The molecule has 0 aliphatic carbocycles. The van der Waals surface area contributed by atoms with Crippen LogP contribution in [0.1, 0.15) is 17.2 Å². The summed E-state index contributed by atoms with van der Waals surface area (Å²) >= 11 is 5.95. The molecule has 0 saturated heterocycles. The number of hydrogen-bond acceptors (Lipinski definition) is 2. The zero-order valence-corrected chi connectivity index (χ0v) is 12.3. The van der Waals surface area contributed by atoms with Crippen LogP contribution >= 0.6 is 11.6 Å². The highest BCUT2D eigenvalue weighted by Crippen LogP contribution is 2.21. The van der Waals surface area contributed by atoms with Gasteiger partial charge in [-0.3, -0.25) is 4.79 Å². The Morgan fingerprint density at radius 3 is 2.59 bits per heavy atom. The highest BCUT2D eigenvalue weighted by Gasteiger charge is 2.13. The van der Waals surface area contributed by atoms with Crippen LogP contribution in [0.4, 0.5) is 8.78 Å². The minimum absolute atomic E-state index is 0.0216. The third-order valence-electron chi connectivity index (χ3n) is 3.11. The molecule has 0 saturated carbocycles. The number of hydrogen-bond donors (Lipinski definition) is 2. The number of rotatable bonds is 5. The fourth-order valence-electron chi connectivity index (χ4n) is 1.96. The van der Waals surface area contributed by atoms with Crippen LogP contribution in [0.5, 0.6) is 0 Å². The summed E-state index contributed by atoms with van der Waals surface area (Å²) in [7, 11) is 0. The third-order valence-corrected chi connectivity index (χ3v) is 3.45. The Morgan fingerprint density at radius 2 is 1.91 bits per heavy atom. The number of nitrogens with one attached hydrogen (secondary N) is 1. The Morgan fingerprint density at radius 1 is 1.18 bits per heavy atom. The van der Waals surface area contributed by atoms with Crippen molar-refractivity contribution in [2.24, 2.45) is 0 Å². The van der Waals surface area contributed by atoms with E-state index in [2.05, 4.69) is 5.32 Å². The summed E-state index contributed by atoms with van der Waals surface area (Å²) in [5.41, 5.74) is 0.862. The largest absolute Gasteiger partial charge is 0.387 e. The summed E-state index contributed by atoms with van der Waals surface area (Å²) in [6, 6.07) is 10.0. The lowest BCUT2D eigenvalue weighted by Crippen LogP contribution is -2.29. The van der Waals surface area contributed by atoms with Crippen LogP contribution < -0.4 is 5.32 Å². The van der Waals surface area contributed by atoms with Gasteiger partial charge in [-0.25, -0.2) is 8.78 Å². The maximum Gasteiger partial charge on any atom is 0.224 e. The Bertz CT molecular complexity index is 679. The summed E-state index contributed by atoms with van der Waals surface area (Å²) in [5, 5.41) is 12.9. The molecular formula is C16H14ClF2NO2. The second-order valence-corrected chi connectivity index (χ2v) is 5.17. The van der Waals surface area contributed by atoms with Gasteiger partial charge in [0.05, 0.1) is 12.5 Å². The van der Waals surface area contributed by atoms with Gasteiger partial charge in [0.15, 0.2) is 11.6 Å². The Labute approximate surface area is 131 Å². The molecular weight excluding hydrogens is 312 g/mol. The second kappa shape index (κ2) is 7.33. The van der Waals surface area contributed by atoms with Crippen molar-refractivity contribution < 1.29 is 18.7 Å². The highest BCUT2D eigenvalue weighted by molar-refractivity contribution is 6.31. The van der Waals surface area contributed by atoms with Gasteiger partial charge in [-0.1, -0.05) is 35.9 Å². The van der Waals surface area contributed by atoms with E-state index in [0.29, 0.717) is 16.1 Å². The molecule has 2 aromatic carbocycles. The van der Waals surface area contributed by atoms with Crippen molar-refractivity contribution in [3.63, 3.8) is 0 Å². The lowest BCUT2D eigenvalue weighted by atomic mass is 10.1. The van der Waals surface area contributed by atoms with Crippen molar-refractivity contribution in [2.75, 3.05) is 6.54 Å². The van der Waals surface area contributed by atoms with Crippen LogP contribution in [0.25, 0.3) is 0 Å². The molecule has 1 atom stereocenters. The maximum absolute atomic E-state index is 13.0. The van der Waals surface area contributed by atoms with Gasteiger partial charge in [-0.2, -0.15) is 0 Å². The van der Waals surface area contributed by atoms with Crippen molar-refractivity contribution in [2.45, 2.75) is 12.5 Å². The minimum Gasteiger partial charge on any atom is -0.387 e. The molecule has 0 aliphatic rings. The van der Waals surface area contributed by atoms with Gasteiger partial charge < -0.3 is 10.4 Å². The molecule has 0 aliphatic heterocycles. The zero-order valence-electron chi connectivity index (χ0n) is 11.5. The maximum atomic E-state index is 13.0. The topological polar surface area (TPSA) is 49.3 Å². The van der Waals surface area contributed by atoms with E-state index in [1.165, 1.54) is 6.07 Å². The van der Waals surface area contributed by atoms with Gasteiger partial charge in [-0.15, -0.1) is 0 Å². The minimum atomic E-state index is -0.999. The summed E-state index contributed by atoms with van der Waals surface area (Å²) < 4.78 is 25.8. The van der Waals surface area contributed by atoms with E-state index in [1.807, 2.05) is 0 Å². The van der Waals surface area contributed by atoms with E-state index in [0.717, 1.165) is 12.1 Å². The van der Waals surface area contributed by atoms with Gasteiger partial charge in [0.1, 0.15) is 0 Å². The molecule has 1 amide bonds. The normalized spacial score (nSPS) is 12.0. The van der Waals surface area contributed by atoms with E-state index in [4.69, 9.17) is 11.6 Å². The molecule has 116 valence electrons. The standard InChI is InChI=1S/C16H14ClF2NO2/c17-12-4-2-1-3-11(12)15(21)9-20-16(22)8-10-5-6-13(18)14(19)7-10/h1-7,15,21H,8-9H2,(H,20,22). The molecule has 0 radical (unpaired) electrons. The van der Waals surface area contributed by atoms with Gasteiger partial charge in [0.2, 0.25) is 5.91 Å². The molecule has 0 bridgehead atoms.